The summed E-state index contributed by atoms with van der Waals surface area (Å²) in [5, 5.41) is 18.3. The average molecular weight is 318 g/mol. The lowest BCUT2D eigenvalue weighted by molar-refractivity contribution is 0.0697. The van der Waals surface area contributed by atoms with E-state index in [2.05, 4.69) is 15.7 Å². The molecule has 0 atom stereocenters. The number of carboxylic acids is 1. The van der Waals surface area contributed by atoms with Crippen molar-refractivity contribution in [2.45, 2.75) is 13.1 Å². The summed E-state index contributed by atoms with van der Waals surface area (Å²) in [6.07, 6.45) is 3.26. The van der Waals surface area contributed by atoms with Crippen molar-refractivity contribution < 1.29 is 19.4 Å². The molecule has 8 nitrogen and oxygen atoms in total. The van der Waals surface area contributed by atoms with E-state index in [9.17, 15) is 9.59 Å². The summed E-state index contributed by atoms with van der Waals surface area (Å²) < 4.78 is 6.62. The molecule has 0 saturated carbocycles. The molecule has 122 valence electrons. The molecule has 8 heteroatoms. The molecule has 0 saturated heterocycles. The van der Waals surface area contributed by atoms with Crippen molar-refractivity contribution in [3.63, 3.8) is 0 Å². The third-order valence-electron chi connectivity index (χ3n) is 3.07. The topological polar surface area (TPSA) is 105 Å². The van der Waals surface area contributed by atoms with E-state index in [1.807, 2.05) is 0 Å². The number of benzene rings is 1. The van der Waals surface area contributed by atoms with Crippen LogP contribution in [0.3, 0.4) is 0 Å². The predicted molar refractivity (Wildman–Crippen MR) is 83.4 cm³/mol. The van der Waals surface area contributed by atoms with Crippen LogP contribution < -0.4 is 10.6 Å². The van der Waals surface area contributed by atoms with Crippen molar-refractivity contribution in [3.05, 3.63) is 47.8 Å². The van der Waals surface area contributed by atoms with Crippen molar-refractivity contribution in [2.75, 3.05) is 19.0 Å². The number of nitrogens with one attached hydrogen (secondary N) is 2. The second kappa shape index (κ2) is 7.95. The molecule has 0 spiro atoms. The first-order valence-electron chi connectivity index (χ1n) is 6.97. The van der Waals surface area contributed by atoms with Gasteiger partial charge in [-0.3, -0.25) is 4.68 Å². The smallest absolute Gasteiger partial charge is 0.335 e. The number of methoxy groups -OCH3 is 1. The molecule has 0 aliphatic rings. The molecule has 0 aliphatic heterocycles. The second-order valence-corrected chi connectivity index (χ2v) is 4.79. The van der Waals surface area contributed by atoms with E-state index in [1.165, 1.54) is 12.1 Å². The lowest BCUT2D eigenvalue weighted by Crippen LogP contribution is -2.28. The highest BCUT2D eigenvalue weighted by Crippen LogP contribution is 2.06. The van der Waals surface area contributed by atoms with Gasteiger partial charge in [0, 0.05) is 19.9 Å². The summed E-state index contributed by atoms with van der Waals surface area (Å²) in [4.78, 5) is 22.6. The van der Waals surface area contributed by atoms with Crippen LogP contribution in [0.5, 0.6) is 0 Å². The summed E-state index contributed by atoms with van der Waals surface area (Å²) in [7, 11) is 1.61. The normalized spacial score (nSPS) is 10.3. The Bertz CT molecular complexity index is 666. The number of anilines is 1. The Morgan fingerprint density at radius 3 is 2.70 bits per heavy atom. The first kappa shape index (κ1) is 16.5. The fourth-order valence-corrected chi connectivity index (χ4v) is 1.86. The molecule has 1 heterocycles. The highest BCUT2D eigenvalue weighted by molar-refractivity contribution is 5.89. The fourth-order valence-electron chi connectivity index (χ4n) is 1.86. The largest absolute Gasteiger partial charge is 0.478 e. The Hall–Kier alpha value is -2.87. The highest BCUT2D eigenvalue weighted by Gasteiger charge is 2.05. The van der Waals surface area contributed by atoms with Gasteiger partial charge in [0.2, 0.25) is 0 Å². The maximum absolute atomic E-state index is 11.8. The Labute approximate surface area is 133 Å². The van der Waals surface area contributed by atoms with Gasteiger partial charge in [0.1, 0.15) is 0 Å². The number of hydrogen-bond acceptors (Lipinski definition) is 4. The number of amides is 2. The number of aromatic carboxylic acids is 1. The van der Waals surface area contributed by atoms with Crippen LogP contribution in [-0.2, 0) is 17.8 Å². The Morgan fingerprint density at radius 1 is 1.30 bits per heavy atom. The van der Waals surface area contributed by atoms with Gasteiger partial charge in [0.05, 0.1) is 30.6 Å². The number of ether oxygens (including phenoxy) is 1. The number of carboxylic acid groups (broad SMARTS) is 1. The Balaban J connectivity index is 1.80. The van der Waals surface area contributed by atoms with Gasteiger partial charge in [-0.1, -0.05) is 12.1 Å². The van der Waals surface area contributed by atoms with E-state index in [0.717, 1.165) is 5.56 Å². The molecule has 0 aliphatic carbocycles. The third kappa shape index (κ3) is 5.11. The van der Waals surface area contributed by atoms with E-state index >= 15 is 0 Å². The van der Waals surface area contributed by atoms with Gasteiger partial charge in [-0.05, 0) is 17.7 Å². The summed E-state index contributed by atoms with van der Waals surface area (Å²) in [5.41, 5.74) is 1.60. The number of rotatable bonds is 7. The minimum Gasteiger partial charge on any atom is -0.478 e. The molecule has 23 heavy (non-hydrogen) atoms. The minimum atomic E-state index is -0.979. The van der Waals surface area contributed by atoms with Crippen LogP contribution in [0, 0.1) is 0 Å². The van der Waals surface area contributed by atoms with Gasteiger partial charge >= 0.3 is 12.0 Å². The molecule has 0 fully saturated rings. The number of nitrogens with zero attached hydrogens (tertiary/aromatic N) is 2. The molecule has 2 aromatic rings. The van der Waals surface area contributed by atoms with Crippen LogP contribution in [-0.4, -0.2) is 40.6 Å². The number of hydrogen-bond donors (Lipinski definition) is 3. The molecule has 0 radical (unpaired) electrons. The quantitative estimate of drug-likeness (QED) is 0.718. The molecular formula is C15H18N4O4. The van der Waals surface area contributed by atoms with Crippen LogP contribution in [0.25, 0.3) is 0 Å². The first-order valence-corrected chi connectivity index (χ1v) is 6.97. The molecule has 2 amide bonds. The number of carbonyl (C=O) groups excluding carboxylic acids is 1. The lowest BCUT2D eigenvalue weighted by atomic mass is 10.1. The molecular weight excluding hydrogens is 300 g/mol. The zero-order valence-corrected chi connectivity index (χ0v) is 12.7. The van der Waals surface area contributed by atoms with E-state index in [-0.39, 0.29) is 11.6 Å². The standard InChI is InChI=1S/C15H18N4O4/c1-23-7-6-19-10-13(9-17-19)18-15(22)16-8-11-2-4-12(5-3-11)14(20)21/h2-5,9-10H,6-8H2,1H3,(H,20,21)(H2,16,18,22). The SMILES string of the molecule is COCCn1cc(NC(=O)NCc2ccc(C(=O)O)cc2)cn1. The number of urea groups is 1. The van der Waals surface area contributed by atoms with Crippen LogP contribution in [0.1, 0.15) is 15.9 Å². The summed E-state index contributed by atoms with van der Waals surface area (Å²) in [6, 6.07) is 5.95. The van der Waals surface area contributed by atoms with E-state index in [1.54, 1.807) is 36.3 Å². The van der Waals surface area contributed by atoms with Crippen LogP contribution in [0.15, 0.2) is 36.7 Å². The van der Waals surface area contributed by atoms with Crippen molar-refractivity contribution in [2.24, 2.45) is 0 Å². The van der Waals surface area contributed by atoms with Crippen LogP contribution in [0.2, 0.25) is 0 Å². The lowest BCUT2D eigenvalue weighted by Gasteiger charge is -2.06. The fraction of sp³-hybridized carbons (Fsp3) is 0.267. The van der Waals surface area contributed by atoms with Gasteiger partial charge in [-0.15, -0.1) is 0 Å². The Kier molecular flexibility index (Phi) is 5.70. The van der Waals surface area contributed by atoms with Crippen molar-refractivity contribution in [1.29, 1.82) is 0 Å². The first-order chi connectivity index (χ1) is 11.1. The van der Waals surface area contributed by atoms with Gasteiger partial charge in [0.15, 0.2) is 0 Å². The average Bonchev–Trinajstić information content (AvgIpc) is 2.98. The van der Waals surface area contributed by atoms with Crippen molar-refractivity contribution >= 4 is 17.7 Å². The highest BCUT2D eigenvalue weighted by atomic mass is 16.5. The second-order valence-electron chi connectivity index (χ2n) is 4.79. The van der Waals surface area contributed by atoms with Gasteiger partial charge in [-0.2, -0.15) is 5.10 Å². The van der Waals surface area contributed by atoms with Gasteiger partial charge < -0.3 is 20.5 Å². The monoisotopic (exact) mass is 318 g/mol. The molecule has 1 aromatic carbocycles. The molecule has 0 bridgehead atoms. The molecule has 1 aromatic heterocycles. The zero-order valence-electron chi connectivity index (χ0n) is 12.7. The van der Waals surface area contributed by atoms with E-state index in [0.29, 0.717) is 25.4 Å². The maximum Gasteiger partial charge on any atom is 0.335 e. The van der Waals surface area contributed by atoms with E-state index < -0.39 is 5.97 Å². The molecule has 2 rings (SSSR count). The van der Waals surface area contributed by atoms with Crippen LogP contribution in [0.4, 0.5) is 10.5 Å². The van der Waals surface area contributed by atoms with Crippen molar-refractivity contribution in [3.8, 4) is 0 Å². The van der Waals surface area contributed by atoms with Crippen LogP contribution >= 0.6 is 0 Å². The van der Waals surface area contributed by atoms with E-state index in [4.69, 9.17) is 9.84 Å². The number of aromatic nitrogens is 2. The summed E-state index contributed by atoms with van der Waals surface area (Å²) >= 11 is 0. The Morgan fingerprint density at radius 2 is 2.04 bits per heavy atom. The maximum atomic E-state index is 11.8. The minimum absolute atomic E-state index is 0.210. The predicted octanol–water partition coefficient (Wildman–Crippen LogP) is 1.55. The number of carbonyl (C=O) groups is 2. The summed E-state index contributed by atoms with van der Waals surface area (Å²) in [5.74, 6) is -0.979. The molecule has 3 N–H and O–H groups in total. The third-order valence-corrected chi connectivity index (χ3v) is 3.07. The van der Waals surface area contributed by atoms with Gasteiger partial charge in [-0.25, -0.2) is 9.59 Å². The molecule has 0 unspecified atom stereocenters. The van der Waals surface area contributed by atoms with Crippen molar-refractivity contribution in [1.82, 2.24) is 15.1 Å². The summed E-state index contributed by atoms with van der Waals surface area (Å²) in [6.45, 7) is 1.44. The van der Waals surface area contributed by atoms with Gasteiger partial charge in [0.25, 0.3) is 0 Å². The zero-order chi connectivity index (χ0) is 16.7.